The summed E-state index contributed by atoms with van der Waals surface area (Å²) in [6.07, 6.45) is 3.60. The van der Waals surface area contributed by atoms with Crippen molar-refractivity contribution in [1.82, 2.24) is 9.97 Å². The number of aromatic nitrogens is 2. The van der Waals surface area contributed by atoms with E-state index in [2.05, 4.69) is 143 Å². The van der Waals surface area contributed by atoms with Gasteiger partial charge in [0.15, 0.2) is 0 Å². The van der Waals surface area contributed by atoms with Gasteiger partial charge in [-0.15, -0.1) is 0 Å². The van der Waals surface area contributed by atoms with Gasteiger partial charge in [0.05, 0.1) is 5.69 Å². The third-order valence-electron chi connectivity index (χ3n) is 9.54. The molecule has 0 spiro atoms. The summed E-state index contributed by atoms with van der Waals surface area (Å²) in [4.78, 5) is 9.04. The monoisotopic (exact) mass is 556 g/mol. The largest absolute Gasteiger partial charge is 0.244 e. The van der Waals surface area contributed by atoms with Crippen LogP contribution in [0.15, 0.2) is 146 Å². The Morgan fingerprint density at radius 1 is 0.364 bits per heavy atom. The molecule has 0 unspecified atom stereocenters. The molecule has 0 amide bonds. The number of hydrogen-bond acceptors (Lipinski definition) is 2. The van der Waals surface area contributed by atoms with Crippen LogP contribution in [-0.2, 0) is 0 Å². The van der Waals surface area contributed by atoms with E-state index in [-0.39, 0.29) is 0 Å². The quantitative estimate of drug-likeness (QED) is 0.202. The molecule has 202 valence electrons. The van der Waals surface area contributed by atoms with Gasteiger partial charge < -0.3 is 0 Å². The van der Waals surface area contributed by atoms with Crippen molar-refractivity contribution in [2.24, 2.45) is 0 Å². The fourth-order valence-corrected chi connectivity index (χ4v) is 7.65. The average Bonchev–Trinajstić information content (AvgIpc) is 3.43. The van der Waals surface area contributed by atoms with Crippen molar-refractivity contribution in [3.63, 3.8) is 0 Å². The van der Waals surface area contributed by atoms with Crippen LogP contribution in [0.4, 0.5) is 0 Å². The van der Waals surface area contributed by atoms with Crippen molar-refractivity contribution < 1.29 is 0 Å². The molecule has 0 radical (unpaired) electrons. The normalized spacial score (nSPS) is 12.1. The fraction of sp³-hybridized carbons (Fsp3) is 0. The summed E-state index contributed by atoms with van der Waals surface area (Å²) in [6, 6.07) is 49.1. The molecule has 0 N–H and O–H groups in total. The van der Waals surface area contributed by atoms with Crippen LogP contribution in [0.25, 0.3) is 98.9 Å². The van der Waals surface area contributed by atoms with Gasteiger partial charge in [0, 0.05) is 17.3 Å². The Kier molecular flexibility index (Phi) is 4.75. The molecular weight excluding hydrogens is 532 g/mol. The molecule has 2 nitrogen and oxygen atoms in total. The van der Waals surface area contributed by atoms with Gasteiger partial charge in [0.1, 0.15) is 6.33 Å². The lowest BCUT2D eigenvalue weighted by Gasteiger charge is -2.20. The summed E-state index contributed by atoms with van der Waals surface area (Å²) < 4.78 is 0. The molecule has 0 aliphatic heterocycles. The maximum absolute atomic E-state index is 4.68. The smallest absolute Gasteiger partial charge is 0.116 e. The zero-order chi connectivity index (χ0) is 28.8. The molecule has 2 heteroatoms. The highest BCUT2D eigenvalue weighted by Crippen LogP contribution is 2.51. The molecule has 0 atom stereocenters. The van der Waals surface area contributed by atoms with Crippen LogP contribution in [0.5, 0.6) is 0 Å². The Bertz CT molecular complexity index is 2550. The van der Waals surface area contributed by atoms with Gasteiger partial charge in [0.2, 0.25) is 0 Å². The second kappa shape index (κ2) is 8.82. The standard InChI is InChI=1S/C42H24N2/c1-3-8-25(9-4-1)28-16-14-27-15-17-32-36(26-10-5-2-6-11-26)22-37(33-21-20-31(28)39(27)41(32)33)29-18-19-34-38-23-43-24-44-42(38)35-13-7-12-30(29)40(34)35/h1-24H. The topological polar surface area (TPSA) is 25.8 Å². The van der Waals surface area contributed by atoms with Crippen LogP contribution in [0.3, 0.4) is 0 Å². The maximum atomic E-state index is 4.68. The van der Waals surface area contributed by atoms with E-state index in [1.165, 1.54) is 87.6 Å². The van der Waals surface area contributed by atoms with Crippen LogP contribution in [0.1, 0.15) is 0 Å². The van der Waals surface area contributed by atoms with Crippen LogP contribution in [0, 0.1) is 0 Å². The van der Waals surface area contributed by atoms with Crippen LogP contribution in [0.2, 0.25) is 0 Å². The minimum atomic E-state index is 1.02. The summed E-state index contributed by atoms with van der Waals surface area (Å²) in [5.74, 6) is 0. The molecule has 0 bridgehead atoms. The van der Waals surface area contributed by atoms with Gasteiger partial charge in [-0.1, -0.05) is 127 Å². The van der Waals surface area contributed by atoms with Gasteiger partial charge in [-0.2, -0.15) is 0 Å². The van der Waals surface area contributed by atoms with Gasteiger partial charge in [0.25, 0.3) is 0 Å². The van der Waals surface area contributed by atoms with E-state index < -0.39 is 0 Å². The van der Waals surface area contributed by atoms with Crippen LogP contribution in [-0.4, -0.2) is 9.97 Å². The lowest BCUT2D eigenvalue weighted by atomic mass is 9.83. The van der Waals surface area contributed by atoms with E-state index in [0.29, 0.717) is 0 Å². The van der Waals surface area contributed by atoms with Crippen LogP contribution < -0.4 is 0 Å². The van der Waals surface area contributed by atoms with Crippen molar-refractivity contribution in [3.05, 3.63) is 146 Å². The first-order valence-electron chi connectivity index (χ1n) is 15.1. The molecule has 1 heterocycles. The molecular formula is C42H24N2. The first-order valence-corrected chi connectivity index (χ1v) is 15.1. The number of hydrogen-bond donors (Lipinski definition) is 0. The lowest BCUT2D eigenvalue weighted by Crippen LogP contribution is -1.93. The first kappa shape index (κ1) is 23.7. The second-order valence-corrected chi connectivity index (χ2v) is 11.7. The molecule has 0 fully saturated rings. The second-order valence-electron chi connectivity index (χ2n) is 11.7. The van der Waals surface area contributed by atoms with Crippen molar-refractivity contribution in [2.75, 3.05) is 0 Å². The summed E-state index contributed by atoms with van der Waals surface area (Å²) >= 11 is 0. The third-order valence-corrected chi connectivity index (χ3v) is 9.54. The van der Waals surface area contributed by atoms with Crippen LogP contribution >= 0.6 is 0 Å². The molecule has 0 saturated carbocycles. The van der Waals surface area contributed by atoms with E-state index in [1.807, 2.05) is 6.20 Å². The van der Waals surface area contributed by atoms with E-state index in [1.54, 1.807) is 6.33 Å². The SMILES string of the molecule is c1ccc(-c2ccc3ccc4c(-c5ccccc5)cc(-c5ccc6c7c(cccc57)-c5ncncc5-6)c5ccc2c3c45)cc1. The van der Waals surface area contributed by atoms with E-state index >= 15 is 0 Å². The minimum absolute atomic E-state index is 1.02. The predicted molar refractivity (Wildman–Crippen MR) is 184 cm³/mol. The average molecular weight is 557 g/mol. The molecule has 1 aliphatic carbocycles. The van der Waals surface area contributed by atoms with Gasteiger partial charge >= 0.3 is 0 Å². The molecule has 9 aromatic rings. The number of fused-ring (bicyclic) bond motifs is 3. The van der Waals surface area contributed by atoms with Crippen molar-refractivity contribution in [1.29, 1.82) is 0 Å². The lowest BCUT2D eigenvalue weighted by molar-refractivity contribution is 1.18. The summed E-state index contributed by atoms with van der Waals surface area (Å²) in [5, 5.41) is 10.3. The highest BCUT2D eigenvalue weighted by atomic mass is 14.8. The summed E-state index contributed by atoms with van der Waals surface area (Å²) in [7, 11) is 0. The van der Waals surface area contributed by atoms with Crippen molar-refractivity contribution in [3.8, 4) is 55.8 Å². The molecule has 10 rings (SSSR count). The molecule has 1 aromatic heterocycles. The highest BCUT2D eigenvalue weighted by molar-refractivity contribution is 6.31. The minimum Gasteiger partial charge on any atom is -0.244 e. The van der Waals surface area contributed by atoms with E-state index in [9.17, 15) is 0 Å². The summed E-state index contributed by atoms with van der Waals surface area (Å²) in [5.41, 5.74) is 12.0. The molecule has 0 saturated heterocycles. The first-order chi connectivity index (χ1) is 21.8. The van der Waals surface area contributed by atoms with Gasteiger partial charge in [-0.25, -0.2) is 9.97 Å². The Hall–Kier alpha value is -5.86. The number of nitrogens with zero attached hydrogens (tertiary/aromatic N) is 2. The Balaban J connectivity index is 1.36. The molecule has 1 aliphatic rings. The Morgan fingerprint density at radius 3 is 1.82 bits per heavy atom. The number of rotatable bonds is 3. The third kappa shape index (κ3) is 3.14. The van der Waals surface area contributed by atoms with Crippen molar-refractivity contribution in [2.45, 2.75) is 0 Å². The Morgan fingerprint density at radius 2 is 1.00 bits per heavy atom. The molecule has 44 heavy (non-hydrogen) atoms. The summed E-state index contributed by atoms with van der Waals surface area (Å²) in [6.45, 7) is 0. The fourth-order valence-electron chi connectivity index (χ4n) is 7.65. The zero-order valence-corrected chi connectivity index (χ0v) is 23.8. The maximum Gasteiger partial charge on any atom is 0.116 e. The van der Waals surface area contributed by atoms with Gasteiger partial charge in [-0.05, 0) is 88.1 Å². The molecule has 8 aromatic carbocycles. The van der Waals surface area contributed by atoms with E-state index in [0.717, 1.165) is 11.3 Å². The van der Waals surface area contributed by atoms with Crippen molar-refractivity contribution >= 4 is 43.1 Å². The Labute approximate surface area is 254 Å². The zero-order valence-electron chi connectivity index (χ0n) is 23.8. The van der Waals surface area contributed by atoms with Gasteiger partial charge in [-0.3, -0.25) is 0 Å². The number of benzene rings is 8. The van der Waals surface area contributed by atoms with E-state index in [4.69, 9.17) is 0 Å². The predicted octanol–water partition coefficient (Wildman–Crippen LogP) is 11.2. The highest BCUT2D eigenvalue weighted by Gasteiger charge is 2.25.